The number of benzene rings is 1. The Balaban J connectivity index is 2.83. The average Bonchev–Trinajstić information content (AvgIpc) is 2.02. The smallest absolute Gasteiger partial charge is 0.411 e. The van der Waals surface area contributed by atoms with Crippen LogP contribution in [0.2, 0.25) is 0 Å². The zero-order valence-corrected chi connectivity index (χ0v) is 6.94. The predicted molar refractivity (Wildman–Crippen MR) is 45.8 cm³/mol. The summed E-state index contributed by atoms with van der Waals surface area (Å²) in [6, 6.07) is 3.73. The molecule has 0 aromatic heterocycles. The summed E-state index contributed by atoms with van der Waals surface area (Å²) in [4.78, 5) is 10.7. The van der Waals surface area contributed by atoms with Gasteiger partial charge in [0.25, 0.3) is 0 Å². The van der Waals surface area contributed by atoms with Gasteiger partial charge >= 0.3 is 6.09 Å². The van der Waals surface area contributed by atoms with Crippen LogP contribution in [-0.2, 0) is 4.74 Å². The van der Waals surface area contributed by atoms with Gasteiger partial charge in [-0.15, -0.1) is 0 Å². The Morgan fingerprint density at radius 3 is 2.31 bits per heavy atom. The zero-order valence-electron chi connectivity index (χ0n) is 6.94. The molecule has 0 spiro atoms. The molecule has 3 N–H and O–H groups in total. The first-order valence-electron chi connectivity index (χ1n) is 3.50. The minimum atomic E-state index is -0.662. The van der Waals surface area contributed by atoms with E-state index in [1.165, 1.54) is 19.2 Å². The molecule has 5 nitrogen and oxygen atoms in total. The second-order valence-corrected chi connectivity index (χ2v) is 2.35. The summed E-state index contributed by atoms with van der Waals surface area (Å²) in [6.07, 6.45) is -0.662. The van der Waals surface area contributed by atoms with E-state index in [0.717, 1.165) is 6.07 Å². The molecule has 0 unspecified atom stereocenters. The van der Waals surface area contributed by atoms with Gasteiger partial charge in [-0.2, -0.15) is 0 Å². The van der Waals surface area contributed by atoms with E-state index >= 15 is 0 Å². The number of phenols is 2. The van der Waals surface area contributed by atoms with E-state index in [1.54, 1.807) is 0 Å². The van der Waals surface area contributed by atoms with Gasteiger partial charge in [0.15, 0.2) is 0 Å². The van der Waals surface area contributed by atoms with Crippen LogP contribution in [0, 0.1) is 0 Å². The molecule has 0 aliphatic rings. The summed E-state index contributed by atoms with van der Waals surface area (Å²) in [6.45, 7) is 0. The lowest BCUT2D eigenvalue weighted by molar-refractivity contribution is 0.187. The molecule has 0 saturated carbocycles. The van der Waals surface area contributed by atoms with Gasteiger partial charge < -0.3 is 14.9 Å². The number of anilines is 1. The van der Waals surface area contributed by atoms with Gasteiger partial charge in [-0.25, -0.2) is 4.79 Å². The van der Waals surface area contributed by atoms with Crippen molar-refractivity contribution in [2.24, 2.45) is 0 Å². The van der Waals surface area contributed by atoms with Gasteiger partial charge in [0.2, 0.25) is 0 Å². The number of hydrogen-bond acceptors (Lipinski definition) is 4. The minimum absolute atomic E-state index is 0.133. The number of methoxy groups -OCH3 is 1. The van der Waals surface area contributed by atoms with Crippen molar-refractivity contribution >= 4 is 11.8 Å². The zero-order chi connectivity index (χ0) is 9.84. The van der Waals surface area contributed by atoms with Crippen LogP contribution >= 0.6 is 0 Å². The standard InChI is InChI=1S/C8H9NO4/c1-13-8(12)9-5-2-6(10)4-7(11)3-5/h2-4,10-11H,1H3,(H,9,12). The SMILES string of the molecule is COC(=O)Nc1cc(O)cc(O)c1. The van der Waals surface area contributed by atoms with Gasteiger partial charge in [0, 0.05) is 18.2 Å². The highest BCUT2D eigenvalue weighted by molar-refractivity contribution is 5.85. The number of phenolic OH excluding ortho intramolecular Hbond substituents is 2. The van der Waals surface area contributed by atoms with E-state index in [9.17, 15) is 4.79 Å². The van der Waals surface area contributed by atoms with Crippen LogP contribution in [0.4, 0.5) is 10.5 Å². The lowest BCUT2D eigenvalue weighted by Crippen LogP contribution is -2.10. The number of ether oxygens (including phenoxy) is 1. The molecule has 5 heteroatoms. The van der Waals surface area contributed by atoms with Gasteiger partial charge in [0.05, 0.1) is 12.8 Å². The highest BCUT2D eigenvalue weighted by Crippen LogP contribution is 2.23. The number of amides is 1. The molecule has 0 heterocycles. The Morgan fingerprint density at radius 2 is 1.85 bits per heavy atom. The Bertz CT molecular complexity index is 304. The van der Waals surface area contributed by atoms with Crippen LogP contribution in [-0.4, -0.2) is 23.4 Å². The molecule has 0 radical (unpaired) electrons. The maximum atomic E-state index is 10.7. The van der Waals surface area contributed by atoms with Crippen LogP contribution in [0.3, 0.4) is 0 Å². The molecule has 70 valence electrons. The van der Waals surface area contributed by atoms with Crippen LogP contribution in [0.5, 0.6) is 11.5 Å². The third-order valence-corrected chi connectivity index (χ3v) is 1.33. The fourth-order valence-electron chi connectivity index (χ4n) is 0.836. The molecule has 1 aromatic carbocycles. The van der Waals surface area contributed by atoms with E-state index in [1.807, 2.05) is 0 Å². The predicted octanol–water partition coefficient (Wildman–Crippen LogP) is 1.28. The largest absolute Gasteiger partial charge is 0.508 e. The molecular weight excluding hydrogens is 174 g/mol. The monoisotopic (exact) mass is 183 g/mol. The molecule has 1 aromatic rings. The van der Waals surface area contributed by atoms with Crippen LogP contribution in [0.1, 0.15) is 0 Å². The van der Waals surface area contributed by atoms with Crippen molar-refractivity contribution < 1.29 is 19.7 Å². The lowest BCUT2D eigenvalue weighted by Gasteiger charge is -2.04. The third-order valence-electron chi connectivity index (χ3n) is 1.33. The maximum Gasteiger partial charge on any atom is 0.411 e. The second-order valence-electron chi connectivity index (χ2n) is 2.35. The first kappa shape index (κ1) is 9.18. The summed E-state index contributed by atoms with van der Waals surface area (Å²) in [7, 11) is 1.22. The minimum Gasteiger partial charge on any atom is -0.508 e. The second kappa shape index (κ2) is 3.66. The third kappa shape index (κ3) is 2.55. The molecule has 0 atom stereocenters. The summed E-state index contributed by atoms with van der Waals surface area (Å²) in [5, 5.41) is 20.3. The van der Waals surface area contributed by atoms with Gasteiger partial charge in [-0.05, 0) is 0 Å². The summed E-state index contributed by atoms with van der Waals surface area (Å²) < 4.78 is 4.32. The van der Waals surface area contributed by atoms with Crippen molar-refractivity contribution in [3.63, 3.8) is 0 Å². The number of carbonyl (C=O) groups excluding carboxylic acids is 1. The molecule has 0 aliphatic heterocycles. The van der Waals surface area contributed by atoms with E-state index < -0.39 is 6.09 Å². The van der Waals surface area contributed by atoms with Gasteiger partial charge in [-0.1, -0.05) is 0 Å². The van der Waals surface area contributed by atoms with Crippen molar-refractivity contribution in [2.75, 3.05) is 12.4 Å². The van der Waals surface area contributed by atoms with Gasteiger partial charge in [0.1, 0.15) is 11.5 Å². The fraction of sp³-hybridized carbons (Fsp3) is 0.125. The quantitative estimate of drug-likeness (QED) is 0.612. The number of hydrogen-bond donors (Lipinski definition) is 3. The van der Waals surface area contributed by atoms with Crippen molar-refractivity contribution in [3.05, 3.63) is 18.2 Å². The molecule has 1 amide bonds. The van der Waals surface area contributed by atoms with Crippen LogP contribution in [0.25, 0.3) is 0 Å². The van der Waals surface area contributed by atoms with E-state index in [0.29, 0.717) is 0 Å². The Morgan fingerprint density at radius 1 is 1.31 bits per heavy atom. The molecule has 0 saturated heterocycles. The molecular formula is C8H9NO4. The van der Waals surface area contributed by atoms with E-state index in [-0.39, 0.29) is 17.2 Å². The Labute approximate surface area is 74.6 Å². The normalized spacial score (nSPS) is 9.31. The molecule has 0 aliphatic carbocycles. The molecule has 1 rings (SSSR count). The van der Waals surface area contributed by atoms with Crippen molar-refractivity contribution in [3.8, 4) is 11.5 Å². The number of aromatic hydroxyl groups is 2. The van der Waals surface area contributed by atoms with E-state index in [4.69, 9.17) is 10.2 Å². The number of carbonyl (C=O) groups is 1. The summed E-state index contributed by atoms with van der Waals surface area (Å²) >= 11 is 0. The molecule has 13 heavy (non-hydrogen) atoms. The van der Waals surface area contributed by atoms with Crippen LogP contribution < -0.4 is 5.32 Å². The van der Waals surface area contributed by atoms with Crippen molar-refractivity contribution in [2.45, 2.75) is 0 Å². The van der Waals surface area contributed by atoms with Gasteiger partial charge in [-0.3, -0.25) is 5.32 Å². The van der Waals surface area contributed by atoms with Crippen molar-refractivity contribution in [1.29, 1.82) is 0 Å². The molecule has 0 fully saturated rings. The lowest BCUT2D eigenvalue weighted by atomic mass is 10.3. The van der Waals surface area contributed by atoms with E-state index in [2.05, 4.69) is 10.1 Å². The topological polar surface area (TPSA) is 78.8 Å². The highest BCUT2D eigenvalue weighted by atomic mass is 16.5. The van der Waals surface area contributed by atoms with Crippen LogP contribution in [0.15, 0.2) is 18.2 Å². The Hall–Kier alpha value is -1.91. The molecule has 0 bridgehead atoms. The first-order chi connectivity index (χ1) is 6.11. The number of rotatable bonds is 1. The van der Waals surface area contributed by atoms with Crippen molar-refractivity contribution in [1.82, 2.24) is 0 Å². The average molecular weight is 183 g/mol. The fourth-order valence-corrected chi connectivity index (χ4v) is 0.836. The number of nitrogens with one attached hydrogen (secondary N) is 1. The Kier molecular flexibility index (Phi) is 2.59. The summed E-state index contributed by atoms with van der Waals surface area (Å²) in [5.41, 5.74) is 0.268. The maximum absolute atomic E-state index is 10.7. The first-order valence-corrected chi connectivity index (χ1v) is 3.50. The highest BCUT2D eigenvalue weighted by Gasteiger charge is 2.02. The summed E-state index contributed by atoms with van der Waals surface area (Å²) in [5.74, 6) is -0.266.